The number of hydrogen-bond acceptors (Lipinski definition) is 6. The summed E-state index contributed by atoms with van der Waals surface area (Å²) in [4.78, 5) is 0. The first-order valence-corrected chi connectivity index (χ1v) is 6.77. The van der Waals surface area contributed by atoms with Crippen LogP contribution in [0.15, 0.2) is 60.4 Å². The lowest BCUT2D eigenvalue weighted by atomic mass is 10.1. The monoisotopic (exact) mass is 296 g/mol. The van der Waals surface area contributed by atoms with Crippen molar-refractivity contribution in [2.75, 3.05) is 10.7 Å². The second-order valence-electron chi connectivity index (χ2n) is 4.82. The van der Waals surface area contributed by atoms with E-state index in [1.54, 1.807) is 24.3 Å². The molecule has 9 N–H and O–H groups in total. The van der Waals surface area contributed by atoms with Gasteiger partial charge in [-0.1, -0.05) is 30.3 Å². The van der Waals surface area contributed by atoms with Gasteiger partial charge in [-0.25, -0.2) is 5.84 Å². The van der Waals surface area contributed by atoms with E-state index < -0.39 is 0 Å². The Morgan fingerprint density at radius 3 is 2.32 bits per heavy atom. The Kier molecular flexibility index (Phi) is 4.77. The van der Waals surface area contributed by atoms with Crippen molar-refractivity contribution in [1.29, 1.82) is 5.41 Å². The fourth-order valence-electron chi connectivity index (χ4n) is 1.97. The molecule has 6 heteroatoms. The number of para-hydroxylation sites is 1. The molecule has 0 saturated heterocycles. The predicted molar refractivity (Wildman–Crippen MR) is 91.0 cm³/mol. The summed E-state index contributed by atoms with van der Waals surface area (Å²) in [6.07, 6.45) is 1.49. The Morgan fingerprint density at radius 2 is 1.73 bits per heavy atom. The van der Waals surface area contributed by atoms with Crippen molar-refractivity contribution in [2.45, 2.75) is 6.54 Å². The number of hydrogen-bond donors (Lipinski definition) is 5. The Bertz CT molecular complexity index is 690. The Morgan fingerprint density at radius 1 is 1.09 bits per heavy atom. The number of nitrogen functional groups attached to an aromatic ring is 1. The predicted octanol–water partition coefficient (Wildman–Crippen LogP) is 1.28. The molecule has 22 heavy (non-hydrogen) atoms. The van der Waals surface area contributed by atoms with Gasteiger partial charge in [-0.3, -0.25) is 10.4 Å². The van der Waals surface area contributed by atoms with Crippen LogP contribution < -0.4 is 28.1 Å². The van der Waals surface area contributed by atoms with Crippen molar-refractivity contribution in [3.8, 4) is 0 Å². The molecule has 0 heterocycles. The fraction of sp³-hybridized carbons (Fsp3) is 0.0625. The van der Waals surface area contributed by atoms with Gasteiger partial charge < -0.3 is 17.2 Å². The van der Waals surface area contributed by atoms with E-state index >= 15 is 0 Å². The van der Waals surface area contributed by atoms with Gasteiger partial charge in [0.05, 0.1) is 17.1 Å². The van der Waals surface area contributed by atoms with Gasteiger partial charge in [0.15, 0.2) is 0 Å². The van der Waals surface area contributed by atoms with E-state index in [9.17, 15) is 0 Å². The van der Waals surface area contributed by atoms with Gasteiger partial charge in [0.2, 0.25) is 0 Å². The Balaban J connectivity index is 2.20. The Labute approximate surface area is 129 Å². The third-order valence-corrected chi connectivity index (χ3v) is 3.27. The van der Waals surface area contributed by atoms with Crippen LogP contribution in [0.25, 0.3) is 0 Å². The number of nitrogens with zero attached hydrogens (tertiary/aromatic N) is 1. The SMILES string of the molecule is N=C(/C(N)=C/N(N)c1ccc(CN)cc1)c1ccccc1N. The van der Waals surface area contributed by atoms with Crippen molar-refractivity contribution < 1.29 is 0 Å². The summed E-state index contributed by atoms with van der Waals surface area (Å²) in [5.74, 6) is 5.96. The zero-order valence-electron chi connectivity index (χ0n) is 12.2. The lowest BCUT2D eigenvalue weighted by Crippen LogP contribution is -2.28. The van der Waals surface area contributed by atoms with Crippen molar-refractivity contribution >= 4 is 17.1 Å². The molecule has 0 aliphatic rings. The highest BCUT2D eigenvalue weighted by Gasteiger charge is 2.09. The van der Waals surface area contributed by atoms with Crippen molar-refractivity contribution in [3.05, 3.63) is 71.6 Å². The molecule has 0 aliphatic carbocycles. The maximum Gasteiger partial charge on any atom is 0.0877 e. The molecule has 0 atom stereocenters. The molecule has 0 aliphatic heterocycles. The minimum atomic E-state index is 0.132. The number of rotatable bonds is 5. The van der Waals surface area contributed by atoms with Crippen LogP contribution in [0.4, 0.5) is 11.4 Å². The van der Waals surface area contributed by atoms with E-state index in [4.69, 9.17) is 28.5 Å². The zero-order chi connectivity index (χ0) is 16.1. The molecular formula is C16H20N6. The van der Waals surface area contributed by atoms with Gasteiger partial charge in [-0.15, -0.1) is 0 Å². The summed E-state index contributed by atoms with van der Waals surface area (Å²) < 4.78 is 0. The van der Waals surface area contributed by atoms with Crippen LogP contribution in [0, 0.1) is 5.41 Å². The normalized spacial score (nSPS) is 11.3. The molecule has 114 valence electrons. The van der Waals surface area contributed by atoms with Crippen LogP contribution in [0.1, 0.15) is 11.1 Å². The van der Waals surface area contributed by atoms with Gasteiger partial charge in [0, 0.05) is 24.0 Å². The standard InChI is InChI=1S/C16H20N6/c17-9-11-5-7-12(8-6-11)22(21)10-15(19)16(20)13-3-1-2-4-14(13)18/h1-8,10,20H,9,17-19,21H2/b15-10-,20-16?. The van der Waals surface area contributed by atoms with Crippen LogP contribution >= 0.6 is 0 Å². The van der Waals surface area contributed by atoms with Gasteiger partial charge in [-0.2, -0.15) is 0 Å². The van der Waals surface area contributed by atoms with Crippen molar-refractivity contribution in [1.82, 2.24) is 0 Å². The molecule has 2 aromatic rings. The molecular weight excluding hydrogens is 276 g/mol. The lowest BCUT2D eigenvalue weighted by Gasteiger charge is -2.16. The van der Waals surface area contributed by atoms with E-state index in [1.807, 2.05) is 24.3 Å². The molecule has 0 unspecified atom stereocenters. The molecule has 2 rings (SSSR count). The summed E-state index contributed by atoms with van der Waals surface area (Å²) in [5, 5.41) is 9.49. The first-order valence-electron chi connectivity index (χ1n) is 6.77. The van der Waals surface area contributed by atoms with E-state index in [-0.39, 0.29) is 11.4 Å². The highest BCUT2D eigenvalue weighted by Crippen LogP contribution is 2.16. The maximum absolute atomic E-state index is 8.12. The van der Waals surface area contributed by atoms with Gasteiger partial charge in [0.1, 0.15) is 0 Å². The first kappa shape index (κ1) is 15.6. The van der Waals surface area contributed by atoms with Gasteiger partial charge >= 0.3 is 0 Å². The van der Waals surface area contributed by atoms with Gasteiger partial charge in [0.25, 0.3) is 0 Å². The average Bonchev–Trinajstić information content (AvgIpc) is 2.54. The van der Waals surface area contributed by atoms with Crippen molar-refractivity contribution in [2.24, 2.45) is 17.3 Å². The van der Waals surface area contributed by atoms with Crippen LogP contribution in [0.3, 0.4) is 0 Å². The van der Waals surface area contributed by atoms with Crippen LogP contribution in [-0.2, 0) is 6.54 Å². The van der Waals surface area contributed by atoms with E-state index in [2.05, 4.69) is 0 Å². The molecule has 0 saturated carbocycles. The number of anilines is 2. The number of nitrogens with two attached hydrogens (primary N) is 4. The minimum absolute atomic E-state index is 0.132. The van der Waals surface area contributed by atoms with Crippen LogP contribution in [0.2, 0.25) is 0 Å². The highest BCUT2D eigenvalue weighted by molar-refractivity contribution is 6.13. The largest absolute Gasteiger partial charge is 0.398 e. The Hall–Kier alpha value is -2.83. The first-order chi connectivity index (χ1) is 10.5. The minimum Gasteiger partial charge on any atom is -0.398 e. The number of benzene rings is 2. The number of allylic oxidation sites excluding steroid dienone is 1. The molecule has 0 amide bonds. The topological polar surface area (TPSA) is 131 Å². The smallest absolute Gasteiger partial charge is 0.0877 e. The van der Waals surface area contributed by atoms with Gasteiger partial charge in [-0.05, 0) is 23.8 Å². The van der Waals surface area contributed by atoms with E-state index in [0.29, 0.717) is 17.8 Å². The molecule has 0 fully saturated rings. The molecule has 6 nitrogen and oxygen atoms in total. The zero-order valence-corrected chi connectivity index (χ0v) is 12.2. The van der Waals surface area contributed by atoms with E-state index in [0.717, 1.165) is 11.3 Å². The highest BCUT2D eigenvalue weighted by atomic mass is 15.4. The van der Waals surface area contributed by atoms with E-state index in [1.165, 1.54) is 11.2 Å². The maximum atomic E-state index is 8.12. The summed E-state index contributed by atoms with van der Waals surface area (Å²) in [5.41, 5.74) is 20.5. The van der Waals surface area contributed by atoms with Crippen LogP contribution in [-0.4, -0.2) is 5.71 Å². The summed E-state index contributed by atoms with van der Waals surface area (Å²) in [6, 6.07) is 14.5. The second kappa shape index (κ2) is 6.75. The molecule has 2 aromatic carbocycles. The molecule has 0 spiro atoms. The summed E-state index contributed by atoms with van der Waals surface area (Å²) in [6.45, 7) is 0.473. The third kappa shape index (κ3) is 3.43. The quantitative estimate of drug-likeness (QED) is 0.245. The third-order valence-electron chi connectivity index (χ3n) is 3.27. The molecule has 0 aromatic heterocycles. The fourth-order valence-corrected chi connectivity index (χ4v) is 1.97. The average molecular weight is 296 g/mol. The summed E-state index contributed by atoms with van der Waals surface area (Å²) in [7, 11) is 0. The number of nitrogens with one attached hydrogen (secondary N) is 1. The van der Waals surface area contributed by atoms with Crippen LogP contribution in [0.5, 0.6) is 0 Å². The second-order valence-corrected chi connectivity index (χ2v) is 4.82. The molecule has 0 radical (unpaired) electrons. The van der Waals surface area contributed by atoms with Crippen molar-refractivity contribution in [3.63, 3.8) is 0 Å². The molecule has 0 bridgehead atoms. The number of hydrazine groups is 1. The lowest BCUT2D eigenvalue weighted by molar-refractivity contribution is 1.04. The summed E-state index contributed by atoms with van der Waals surface area (Å²) >= 11 is 0.